The van der Waals surface area contributed by atoms with E-state index in [9.17, 15) is 0 Å². The summed E-state index contributed by atoms with van der Waals surface area (Å²) < 4.78 is 0. The number of thioether (sulfide) groups is 1. The summed E-state index contributed by atoms with van der Waals surface area (Å²) in [4.78, 5) is 10.4. The van der Waals surface area contributed by atoms with Gasteiger partial charge in [-0.05, 0) is 13.1 Å². The second kappa shape index (κ2) is 7.31. The fourth-order valence-electron chi connectivity index (χ4n) is 1.41. The Bertz CT molecular complexity index is 342. The van der Waals surface area contributed by atoms with E-state index >= 15 is 0 Å². The molecule has 0 spiro atoms. The Morgan fingerprint density at radius 1 is 1.35 bits per heavy atom. The van der Waals surface area contributed by atoms with E-state index in [-0.39, 0.29) is 5.95 Å². The van der Waals surface area contributed by atoms with E-state index in [1.165, 1.54) is 0 Å². The molecule has 96 valence electrons. The van der Waals surface area contributed by atoms with Crippen LogP contribution in [0.4, 0.5) is 11.8 Å². The lowest BCUT2D eigenvalue weighted by Crippen LogP contribution is -2.25. The maximum absolute atomic E-state index is 5.58. The fourth-order valence-corrected chi connectivity index (χ4v) is 2.32. The Labute approximate surface area is 106 Å². The summed E-state index contributed by atoms with van der Waals surface area (Å²) >= 11 is 1.65. The molecule has 0 radical (unpaired) electrons. The maximum Gasteiger partial charge on any atom is 0.223 e. The molecule has 0 atom stereocenters. The lowest BCUT2D eigenvalue weighted by molar-refractivity contribution is 0.324. The van der Waals surface area contributed by atoms with E-state index in [2.05, 4.69) is 34.1 Å². The van der Waals surface area contributed by atoms with Gasteiger partial charge in [-0.15, -0.1) is 11.8 Å². The van der Waals surface area contributed by atoms with Crippen molar-refractivity contribution in [2.24, 2.45) is 5.84 Å². The highest BCUT2D eigenvalue weighted by Gasteiger charge is 2.04. The topological polar surface area (TPSA) is 93.1 Å². The van der Waals surface area contributed by atoms with E-state index in [1.54, 1.807) is 17.8 Å². The molecule has 5 N–H and O–H groups in total. The van der Waals surface area contributed by atoms with E-state index in [0.717, 1.165) is 30.4 Å². The Kier molecular flexibility index (Phi) is 6.03. The molecule has 0 fully saturated rings. The zero-order valence-electron chi connectivity index (χ0n) is 10.3. The van der Waals surface area contributed by atoms with Crippen molar-refractivity contribution >= 4 is 23.5 Å². The predicted octanol–water partition coefficient (Wildman–Crippen LogP) is 0.778. The van der Waals surface area contributed by atoms with Crippen LogP contribution in [0.1, 0.15) is 13.8 Å². The number of nitrogens with zero attached hydrogens (tertiary/aromatic N) is 3. The van der Waals surface area contributed by atoms with E-state index < -0.39 is 0 Å². The van der Waals surface area contributed by atoms with Crippen LogP contribution in [0, 0.1) is 0 Å². The van der Waals surface area contributed by atoms with Gasteiger partial charge in [0.1, 0.15) is 10.8 Å². The molecule has 0 aromatic carbocycles. The first kappa shape index (κ1) is 14.0. The Balaban J connectivity index is 2.48. The normalized spacial score (nSPS) is 10.8. The van der Waals surface area contributed by atoms with Gasteiger partial charge >= 0.3 is 0 Å². The molecule has 0 saturated carbocycles. The first-order chi connectivity index (χ1) is 8.19. The first-order valence-corrected chi connectivity index (χ1v) is 6.64. The molecule has 7 heteroatoms. The van der Waals surface area contributed by atoms with Gasteiger partial charge in [-0.3, -0.25) is 0 Å². The summed E-state index contributed by atoms with van der Waals surface area (Å²) in [6.45, 7) is 7.49. The van der Waals surface area contributed by atoms with Gasteiger partial charge in [0.15, 0.2) is 0 Å². The zero-order chi connectivity index (χ0) is 12.7. The lowest BCUT2D eigenvalue weighted by atomic mass is 10.5. The summed E-state index contributed by atoms with van der Waals surface area (Å²) in [5.74, 6) is 7.05. The van der Waals surface area contributed by atoms with Crippen molar-refractivity contribution in [3.05, 3.63) is 6.07 Å². The number of nitrogens with two attached hydrogens (primary N) is 2. The molecule has 0 unspecified atom stereocenters. The quantitative estimate of drug-likeness (QED) is 0.287. The highest BCUT2D eigenvalue weighted by molar-refractivity contribution is 7.99. The van der Waals surface area contributed by atoms with Crippen molar-refractivity contribution in [3.63, 3.8) is 0 Å². The van der Waals surface area contributed by atoms with Crippen molar-refractivity contribution in [2.45, 2.75) is 18.9 Å². The number of aromatic nitrogens is 2. The van der Waals surface area contributed by atoms with Gasteiger partial charge in [-0.25, -0.2) is 10.8 Å². The number of nitrogens with one attached hydrogen (secondary N) is 1. The molecule has 0 aliphatic carbocycles. The van der Waals surface area contributed by atoms with Crippen LogP contribution in [0.3, 0.4) is 0 Å². The van der Waals surface area contributed by atoms with Crippen LogP contribution in [-0.4, -0.2) is 40.3 Å². The van der Waals surface area contributed by atoms with Crippen molar-refractivity contribution in [3.8, 4) is 0 Å². The van der Waals surface area contributed by atoms with E-state index in [4.69, 9.17) is 11.6 Å². The largest absolute Gasteiger partial charge is 0.368 e. The highest BCUT2D eigenvalue weighted by atomic mass is 32.2. The van der Waals surface area contributed by atoms with Crippen molar-refractivity contribution < 1.29 is 0 Å². The number of hydrazine groups is 1. The molecule has 0 aliphatic heterocycles. The van der Waals surface area contributed by atoms with Gasteiger partial charge in [0.05, 0.1) is 0 Å². The summed E-state index contributed by atoms with van der Waals surface area (Å²) in [6.07, 6.45) is 0. The second-order valence-corrected chi connectivity index (χ2v) is 4.58. The third-order valence-electron chi connectivity index (χ3n) is 2.42. The van der Waals surface area contributed by atoms with Crippen molar-refractivity contribution in [2.75, 3.05) is 36.5 Å². The Morgan fingerprint density at radius 2 is 2.06 bits per heavy atom. The minimum Gasteiger partial charge on any atom is -0.368 e. The number of hydrogen-bond acceptors (Lipinski definition) is 7. The average Bonchev–Trinajstić information content (AvgIpc) is 2.34. The third-order valence-corrected chi connectivity index (χ3v) is 3.31. The summed E-state index contributed by atoms with van der Waals surface area (Å²) in [5, 5.41) is 0.845. The standard InChI is InChI=1S/C10H20N6S/c1-3-16(4-2)5-6-17-9-7-8(15-12)13-10(11)14-9/h7H,3-6,12H2,1-2H3,(H3,11,13,14,15). The summed E-state index contributed by atoms with van der Waals surface area (Å²) in [7, 11) is 0. The number of rotatable bonds is 7. The molecule has 1 aromatic rings. The van der Waals surface area contributed by atoms with Gasteiger partial charge in [0.2, 0.25) is 5.95 Å². The maximum atomic E-state index is 5.58. The van der Waals surface area contributed by atoms with Crippen LogP contribution in [0.2, 0.25) is 0 Å². The molecule has 1 rings (SSSR count). The fraction of sp³-hybridized carbons (Fsp3) is 0.600. The van der Waals surface area contributed by atoms with Crippen LogP contribution < -0.4 is 17.0 Å². The third kappa shape index (κ3) is 4.76. The monoisotopic (exact) mass is 256 g/mol. The van der Waals surface area contributed by atoms with Crippen molar-refractivity contribution in [1.82, 2.24) is 14.9 Å². The van der Waals surface area contributed by atoms with Crippen LogP contribution in [-0.2, 0) is 0 Å². The van der Waals surface area contributed by atoms with E-state index in [1.807, 2.05) is 0 Å². The summed E-state index contributed by atoms with van der Waals surface area (Å²) in [6, 6.07) is 1.79. The molecule has 0 bridgehead atoms. The molecule has 1 aromatic heterocycles. The predicted molar refractivity (Wildman–Crippen MR) is 72.8 cm³/mol. The van der Waals surface area contributed by atoms with Gasteiger partial charge in [0, 0.05) is 18.4 Å². The van der Waals surface area contributed by atoms with Gasteiger partial charge in [-0.1, -0.05) is 13.8 Å². The zero-order valence-corrected chi connectivity index (χ0v) is 11.1. The molecule has 17 heavy (non-hydrogen) atoms. The van der Waals surface area contributed by atoms with Crippen LogP contribution in [0.15, 0.2) is 11.1 Å². The van der Waals surface area contributed by atoms with E-state index in [0.29, 0.717) is 5.82 Å². The van der Waals surface area contributed by atoms with Gasteiger partial charge < -0.3 is 16.1 Å². The Hall–Kier alpha value is -1.05. The average molecular weight is 256 g/mol. The Morgan fingerprint density at radius 3 is 2.65 bits per heavy atom. The highest BCUT2D eigenvalue weighted by Crippen LogP contribution is 2.18. The van der Waals surface area contributed by atoms with Gasteiger partial charge in [0.25, 0.3) is 0 Å². The van der Waals surface area contributed by atoms with Crippen LogP contribution >= 0.6 is 11.8 Å². The van der Waals surface area contributed by atoms with Crippen LogP contribution in [0.25, 0.3) is 0 Å². The molecule has 0 aliphatic rings. The molecular formula is C10H20N6S. The molecule has 0 saturated heterocycles. The van der Waals surface area contributed by atoms with Crippen LogP contribution in [0.5, 0.6) is 0 Å². The molecule has 0 amide bonds. The number of hydrogen-bond donors (Lipinski definition) is 3. The molecular weight excluding hydrogens is 236 g/mol. The molecule has 1 heterocycles. The number of nitrogen functional groups attached to an aromatic ring is 2. The first-order valence-electron chi connectivity index (χ1n) is 5.65. The van der Waals surface area contributed by atoms with Crippen molar-refractivity contribution in [1.29, 1.82) is 0 Å². The van der Waals surface area contributed by atoms with Gasteiger partial charge in [-0.2, -0.15) is 4.98 Å². The smallest absolute Gasteiger partial charge is 0.223 e. The summed E-state index contributed by atoms with van der Waals surface area (Å²) in [5.41, 5.74) is 8.05. The second-order valence-electron chi connectivity index (χ2n) is 3.47. The molecule has 6 nitrogen and oxygen atoms in total. The SMILES string of the molecule is CCN(CC)CCSc1cc(NN)nc(N)n1. The minimum atomic E-state index is 0.241. The lowest BCUT2D eigenvalue weighted by Gasteiger charge is -2.17. The number of anilines is 2. The minimum absolute atomic E-state index is 0.241.